The molecule has 1 aromatic heterocycles. The van der Waals surface area contributed by atoms with Crippen LogP contribution in [-0.2, 0) is 13.0 Å². The molecule has 0 atom stereocenters. The zero-order valence-electron chi connectivity index (χ0n) is 13.9. The van der Waals surface area contributed by atoms with E-state index in [0.29, 0.717) is 23.5 Å². The first-order valence-corrected chi connectivity index (χ1v) is 8.10. The largest absolute Gasteiger partial charge is 0.307 e. The highest BCUT2D eigenvalue weighted by Gasteiger charge is 2.10. The smallest absolute Gasteiger partial charge is 0.256 e. The van der Waals surface area contributed by atoms with Gasteiger partial charge in [0.05, 0.1) is 24.4 Å². The molecule has 0 radical (unpaired) electrons. The lowest BCUT2D eigenvalue weighted by atomic mass is 10.1. The van der Waals surface area contributed by atoms with Crippen molar-refractivity contribution in [3.05, 3.63) is 83.0 Å². The van der Waals surface area contributed by atoms with Gasteiger partial charge in [0.15, 0.2) is 0 Å². The van der Waals surface area contributed by atoms with Gasteiger partial charge in [-0.25, -0.2) is 4.68 Å². The predicted molar refractivity (Wildman–Crippen MR) is 96.3 cm³/mol. The van der Waals surface area contributed by atoms with E-state index in [9.17, 15) is 4.79 Å². The summed E-state index contributed by atoms with van der Waals surface area (Å²) in [6, 6.07) is 18.8. The Morgan fingerprint density at radius 1 is 1.16 bits per heavy atom. The van der Waals surface area contributed by atoms with Crippen LogP contribution >= 0.6 is 0 Å². The summed E-state index contributed by atoms with van der Waals surface area (Å²) < 4.78 is 1.74. The quantitative estimate of drug-likeness (QED) is 0.777. The summed E-state index contributed by atoms with van der Waals surface area (Å²) in [5, 5.41) is 16.1. The Balaban J connectivity index is 1.74. The Hall–Kier alpha value is -3.39. The van der Waals surface area contributed by atoms with Crippen LogP contribution in [0.25, 0.3) is 0 Å². The average Bonchev–Trinajstić information content (AvgIpc) is 3.09. The Morgan fingerprint density at radius 3 is 2.64 bits per heavy atom. The Morgan fingerprint density at radius 2 is 1.92 bits per heavy atom. The summed E-state index contributed by atoms with van der Waals surface area (Å²) in [5.41, 5.74) is 3.30. The second-order valence-electron chi connectivity index (χ2n) is 5.69. The molecule has 0 fully saturated rings. The van der Waals surface area contributed by atoms with Gasteiger partial charge in [0.2, 0.25) is 0 Å². The number of amides is 1. The topological polar surface area (TPSA) is 70.7 Å². The zero-order chi connectivity index (χ0) is 17.6. The molecule has 1 N–H and O–H groups in total. The average molecular weight is 330 g/mol. The van der Waals surface area contributed by atoms with Crippen LogP contribution < -0.4 is 5.32 Å². The van der Waals surface area contributed by atoms with Crippen molar-refractivity contribution in [3.8, 4) is 6.07 Å². The fraction of sp³-hybridized carbons (Fsp3) is 0.150. The number of anilines is 1. The molecule has 5 nitrogen and oxygen atoms in total. The maximum atomic E-state index is 12.4. The number of rotatable bonds is 5. The number of carbonyl (C=O) groups is 1. The summed E-state index contributed by atoms with van der Waals surface area (Å²) in [6.07, 6.45) is 2.66. The van der Waals surface area contributed by atoms with Crippen molar-refractivity contribution in [2.75, 3.05) is 5.32 Å². The van der Waals surface area contributed by atoms with Gasteiger partial charge in [0, 0.05) is 11.6 Å². The maximum Gasteiger partial charge on any atom is 0.256 e. The second kappa shape index (κ2) is 7.45. The molecule has 0 aliphatic rings. The minimum Gasteiger partial charge on any atom is -0.307 e. The van der Waals surface area contributed by atoms with Crippen LogP contribution in [0.15, 0.2) is 60.8 Å². The SMILES string of the molecule is CCc1ccc(Cn2nccc2NC(=O)c2cccc(C#N)c2)cc1. The van der Waals surface area contributed by atoms with Crippen LogP contribution in [0, 0.1) is 11.3 Å². The molecule has 0 spiro atoms. The number of nitriles is 1. The van der Waals surface area contributed by atoms with Crippen LogP contribution in [0.3, 0.4) is 0 Å². The van der Waals surface area contributed by atoms with Gasteiger partial charge >= 0.3 is 0 Å². The molecule has 124 valence electrons. The van der Waals surface area contributed by atoms with E-state index in [-0.39, 0.29) is 5.91 Å². The van der Waals surface area contributed by atoms with Gasteiger partial charge in [-0.2, -0.15) is 10.4 Å². The Kier molecular flexibility index (Phi) is 4.91. The molecule has 0 unspecified atom stereocenters. The fourth-order valence-corrected chi connectivity index (χ4v) is 2.54. The first kappa shape index (κ1) is 16.5. The molecule has 25 heavy (non-hydrogen) atoms. The van der Waals surface area contributed by atoms with Crippen molar-refractivity contribution < 1.29 is 4.79 Å². The molecule has 0 bridgehead atoms. The number of aromatic nitrogens is 2. The molecule has 0 aliphatic carbocycles. The number of nitrogens with one attached hydrogen (secondary N) is 1. The van der Waals surface area contributed by atoms with Gasteiger partial charge in [-0.3, -0.25) is 4.79 Å². The van der Waals surface area contributed by atoms with Crippen LogP contribution in [-0.4, -0.2) is 15.7 Å². The Labute approximate surface area is 146 Å². The summed E-state index contributed by atoms with van der Waals surface area (Å²) >= 11 is 0. The van der Waals surface area contributed by atoms with Gasteiger partial charge in [-0.15, -0.1) is 0 Å². The lowest BCUT2D eigenvalue weighted by Gasteiger charge is -2.10. The van der Waals surface area contributed by atoms with E-state index in [0.717, 1.165) is 12.0 Å². The molecule has 0 saturated heterocycles. The van der Waals surface area contributed by atoms with Crippen molar-refractivity contribution >= 4 is 11.7 Å². The number of hydrogen-bond donors (Lipinski definition) is 1. The zero-order valence-corrected chi connectivity index (χ0v) is 13.9. The van der Waals surface area contributed by atoms with E-state index in [1.54, 1.807) is 41.2 Å². The lowest BCUT2D eigenvalue weighted by molar-refractivity contribution is 0.102. The molecule has 0 saturated carbocycles. The van der Waals surface area contributed by atoms with Crippen molar-refractivity contribution in [3.63, 3.8) is 0 Å². The second-order valence-corrected chi connectivity index (χ2v) is 5.69. The first-order valence-electron chi connectivity index (χ1n) is 8.10. The third kappa shape index (κ3) is 3.93. The fourth-order valence-electron chi connectivity index (χ4n) is 2.54. The molecule has 3 rings (SSSR count). The number of carbonyl (C=O) groups excluding carboxylic acids is 1. The van der Waals surface area contributed by atoms with E-state index in [1.807, 2.05) is 6.07 Å². The van der Waals surface area contributed by atoms with Crippen molar-refractivity contribution in [2.45, 2.75) is 19.9 Å². The highest BCUT2D eigenvalue weighted by Crippen LogP contribution is 2.13. The summed E-state index contributed by atoms with van der Waals surface area (Å²) in [7, 11) is 0. The van der Waals surface area contributed by atoms with Gasteiger partial charge in [-0.05, 0) is 35.7 Å². The minimum absolute atomic E-state index is 0.264. The van der Waals surface area contributed by atoms with Gasteiger partial charge in [0.1, 0.15) is 5.82 Å². The van der Waals surface area contributed by atoms with Crippen LogP contribution in [0.2, 0.25) is 0 Å². The normalized spacial score (nSPS) is 10.2. The number of nitrogens with zero attached hydrogens (tertiary/aromatic N) is 3. The van der Waals surface area contributed by atoms with Gasteiger partial charge in [-0.1, -0.05) is 37.3 Å². The number of benzene rings is 2. The summed E-state index contributed by atoms with van der Waals surface area (Å²) in [4.78, 5) is 12.4. The molecule has 1 heterocycles. The molecule has 5 heteroatoms. The third-order valence-corrected chi connectivity index (χ3v) is 3.98. The lowest BCUT2D eigenvalue weighted by Crippen LogP contribution is -2.16. The molecule has 3 aromatic rings. The van der Waals surface area contributed by atoms with E-state index in [2.05, 4.69) is 41.6 Å². The molecule has 0 aliphatic heterocycles. The highest BCUT2D eigenvalue weighted by atomic mass is 16.1. The standard InChI is InChI=1S/C20H18N4O/c1-2-15-6-8-16(9-7-15)14-24-19(10-11-22-24)23-20(25)18-5-3-4-17(12-18)13-21/h3-12H,2,14H2,1H3,(H,23,25). The Bertz CT molecular complexity index is 919. The van der Waals surface area contributed by atoms with Gasteiger partial charge < -0.3 is 5.32 Å². The molecular weight excluding hydrogens is 312 g/mol. The van der Waals surface area contributed by atoms with Crippen LogP contribution in [0.5, 0.6) is 0 Å². The summed E-state index contributed by atoms with van der Waals surface area (Å²) in [6.45, 7) is 2.70. The minimum atomic E-state index is -0.264. The van der Waals surface area contributed by atoms with Crippen molar-refractivity contribution in [1.29, 1.82) is 5.26 Å². The van der Waals surface area contributed by atoms with E-state index < -0.39 is 0 Å². The molecule has 1 amide bonds. The first-order chi connectivity index (χ1) is 12.2. The highest BCUT2D eigenvalue weighted by molar-refractivity contribution is 6.04. The predicted octanol–water partition coefficient (Wildman–Crippen LogP) is 3.62. The van der Waals surface area contributed by atoms with E-state index >= 15 is 0 Å². The van der Waals surface area contributed by atoms with E-state index in [1.165, 1.54) is 5.56 Å². The molecule has 2 aromatic carbocycles. The monoisotopic (exact) mass is 330 g/mol. The maximum absolute atomic E-state index is 12.4. The summed E-state index contributed by atoms with van der Waals surface area (Å²) in [5.74, 6) is 0.354. The third-order valence-electron chi connectivity index (χ3n) is 3.98. The number of aryl methyl sites for hydroxylation is 1. The van der Waals surface area contributed by atoms with Crippen LogP contribution in [0.4, 0.5) is 5.82 Å². The van der Waals surface area contributed by atoms with E-state index in [4.69, 9.17) is 5.26 Å². The van der Waals surface area contributed by atoms with Crippen LogP contribution in [0.1, 0.15) is 34.0 Å². The van der Waals surface area contributed by atoms with Gasteiger partial charge in [0.25, 0.3) is 5.91 Å². The van der Waals surface area contributed by atoms with Crippen molar-refractivity contribution in [2.24, 2.45) is 0 Å². The molecular formula is C20H18N4O. The number of hydrogen-bond acceptors (Lipinski definition) is 3. The van der Waals surface area contributed by atoms with Crippen molar-refractivity contribution in [1.82, 2.24) is 9.78 Å².